The zero-order chi connectivity index (χ0) is 22.5. The van der Waals surface area contributed by atoms with Gasteiger partial charge in [0.25, 0.3) is 5.91 Å². The van der Waals surface area contributed by atoms with Crippen LogP contribution in [-0.4, -0.2) is 49.2 Å². The Morgan fingerprint density at radius 3 is 2.75 bits per heavy atom. The molecule has 2 N–H and O–H groups in total. The minimum Gasteiger partial charge on any atom is -0.493 e. The van der Waals surface area contributed by atoms with Crippen LogP contribution in [0.4, 0.5) is 11.6 Å². The Balaban J connectivity index is 1.37. The molecule has 1 aliphatic rings. The number of hydrogen-bond donors (Lipinski definition) is 2. The van der Waals surface area contributed by atoms with Crippen molar-refractivity contribution in [3.05, 3.63) is 52.1 Å². The molecule has 0 atom stereocenters. The zero-order valence-corrected chi connectivity index (χ0v) is 18.3. The van der Waals surface area contributed by atoms with Gasteiger partial charge in [-0.2, -0.15) is 0 Å². The highest BCUT2D eigenvalue weighted by atomic mass is 16.5. The summed E-state index contributed by atoms with van der Waals surface area (Å²) in [5, 5.41) is 6.59. The van der Waals surface area contributed by atoms with E-state index in [0.717, 1.165) is 18.9 Å². The smallest absolute Gasteiger partial charge is 0.349 e. The summed E-state index contributed by atoms with van der Waals surface area (Å²) in [4.78, 5) is 36.1. The fourth-order valence-corrected chi connectivity index (χ4v) is 3.83. The van der Waals surface area contributed by atoms with Crippen LogP contribution in [0.15, 0.2) is 39.5 Å². The Hall–Kier alpha value is -3.62. The fourth-order valence-electron chi connectivity index (χ4n) is 3.83. The fraction of sp³-hybridized carbons (Fsp3) is 0.391. The first-order valence-electron chi connectivity index (χ1n) is 10.8. The van der Waals surface area contributed by atoms with Crippen LogP contribution >= 0.6 is 0 Å². The lowest BCUT2D eigenvalue weighted by Crippen LogP contribution is -2.32. The van der Waals surface area contributed by atoms with Crippen molar-refractivity contribution in [1.29, 1.82) is 0 Å². The number of benzene rings is 1. The van der Waals surface area contributed by atoms with Gasteiger partial charge in [0.2, 0.25) is 0 Å². The Kier molecular flexibility index (Phi) is 6.53. The van der Waals surface area contributed by atoms with Crippen molar-refractivity contribution in [2.45, 2.75) is 26.2 Å². The van der Waals surface area contributed by atoms with Crippen LogP contribution < -0.4 is 25.9 Å². The molecule has 1 amide bonds. The lowest BCUT2D eigenvalue weighted by atomic mass is 10.1. The summed E-state index contributed by atoms with van der Waals surface area (Å²) in [6.45, 7) is 4.65. The second kappa shape index (κ2) is 9.67. The molecule has 1 aromatic carbocycles. The first-order chi connectivity index (χ1) is 15.5. The number of aromatic nitrogens is 2. The van der Waals surface area contributed by atoms with Crippen LogP contribution in [0.1, 0.15) is 35.4 Å². The number of aryl methyl sites for hydroxylation is 1. The molecular weight excluding hydrogens is 410 g/mol. The SMILES string of the molecule is COc1cccc2cc(C(=O)NCCNc3cc(N4CCCCC4)nc(C)n3)c(=O)oc12. The molecule has 0 radical (unpaired) electrons. The van der Waals surface area contributed by atoms with Gasteiger partial charge >= 0.3 is 5.63 Å². The van der Waals surface area contributed by atoms with Gasteiger partial charge in [-0.05, 0) is 38.3 Å². The Morgan fingerprint density at radius 1 is 1.16 bits per heavy atom. The van der Waals surface area contributed by atoms with Gasteiger partial charge in [0, 0.05) is 37.6 Å². The third kappa shape index (κ3) is 4.82. The summed E-state index contributed by atoms with van der Waals surface area (Å²) in [6, 6.07) is 8.68. The quantitative estimate of drug-likeness (QED) is 0.429. The van der Waals surface area contributed by atoms with Gasteiger partial charge in [-0.3, -0.25) is 4.79 Å². The molecule has 0 unspecified atom stereocenters. The molecule has 1 saturated heterocycles. The van der Waals surface area contributed by atoms with E-state index in [1.165, 1.54) is 32.4 Å². The molecule has 4 rings (SSSR count). The number of para-hydroxylation sites is 1. The number of rotatable bonds is 7. The predicted octanol–water partition coefficient (Wildman–Crippen LogP) is 2.73. The highest BCUT2D eigenvalue weighted by molar-refractivity contribution is 5.97. The minimum absolute atomic E-state index is 0.0454. The van der Waals surface area contributed by atoms with Crippen LogP contribution in [0.25, 0.3) is 11.0 Å². The summed E-state index contributed by atoms with van der Waals surface area (Å²) < 4.78 is 10.5. The number of carbonyl (C=O) groups excluding carboxylic acids is 1. The van der Waals surface area contributed by atoms with E-state index in [9.17, 15) is 9.59 Å². The highest BCUT2D eigenvalue weighted by Gasteiger charge is 2.16. The number of nitrogens with zero attached hydrogens (tertiary/aromatic N) is 3. The summed E-state index contributed by atoms with van der Waals surface area (Å²) >= 11 is 0. The van der Waals surface area contributed by atoms with E-state index >= 15 is 0 Å². The van der Waals surface area contributed by atoms with E-state index in [-0.39, 0.29) is 5.56 Å². The van der Waals surface area contributed by atoms with Crippen LogP contribution in [0.2, 0.25) is 0 Å². The van der Waals surface area contributed by atoms with E-state index in [1.54, 1.807) is 18.2 Å². The van der Waals surface area contributed by atoms with Crippen LogP contribution in [-0.2, 0) is 0 Å². The summed E-state index contributed by atoms with van der Waals surface area (Å²) in [5.74, 6) is 2.29. The van der Waals surface area contributed by atoms with Gasteiger partial charge in [-0.15, -0.1) is 0 Å². The summed E-state index contributed by atoms with van der Waals surface area (Å²) in [6.07, 6.45) is 3.61. The lowest BCUT2D eigenvalue weighted by Gasteiger charge is -2.28. The minimum atomic E-state index is -0.704. The standard InChI is InChI=1S/C23H27N5O4/c1-15-26-19(14-20(27-15)28-11-4-3-5-12-28)24-9-10-25-22(29)17-13-16-7-6-8-18(31-2)21(16)32-23(17)30/h6-8,13-14H,3-5,9-12H2,1-2H3,(H,25,29)(H,24,26,27). The van der Waals surface area contributed by atoms with Crippen molar-refractivity contribution >= 4 is 28.5 Å². The molecule has 3 heterocycles. The summed E-state index contributed by atoms with van der Waals surface area (Å²) in [7, 11) is 1.50. The largest absolute Gasteiger partial charge is 0.493 e. The zero-order valence-electron chi connectivity index (χ0n) is 18.3. The number of fused-ring (bicyclic) bond motifs is 1. The van der Waals surface area contributed by atoms with Crippen molar-refractivity contribution in [1.82, 2.24) is 15.3 Å². The number of ether oxygens (including phenoxy) is 1. The van der Waals surface area contributed by atoms with Crippen molar-refractivity contribution in [2.75, 3.05) is 43.5 Å². The Bertz CT molecular complexity index is 1170. The van der Waals surface area contributed by atoms with E-state index in [4.69, 9.17) is 9.15 Å². The average Bonchev–Trinajstić information content (AvgIpc) is 2.81. The first-order valence-corrected chi connectivity index (χ1v) is 10.8. The van der Waals surface area contributed by atoms with Gasteiger partial charge in [0.05, 0.1) is 7.11 Å². The number of amides is 1. The number of carbonyl (C=O) groups is 1. The highest BCUT2D eigenvalue weighted by Crippen LogP contribution is 2.24. The lowest BCUT2D eigenvalue weighted by molar-refractivity contribution is 0.0951. The first kappa shape index (κ1) is 21.6. The molecule has 3 aromatic rings. The van der Waals surface area contributed by atoms with E-state index < -0.39 is 11.5 Å². The van der Waals surface area contributed by atoms with Gasteiger partial charge in [-0.1, -0.05) is 12.1 Å². The van der Waals surface area contributed by atoms with Crippen LogP contribution in [0, 0.1) is 6.92 Å². The Morgan fingerprint density at radius 2 is 1.97 bits per heavy atom. The van der Waals surface area contributed by atoms with Gasteiger partial charge < -0.3 is 24.7 Å². The topological polar surface area (TPSA) is 110 Å². The normalized spacial score (nSPS) is 13.8. The average molecular weight is 438 g/mol. The number of methoxy groups -OCH3 is 1. The third-order valence-corrected chi connectivity index (χ3v) is 5.41. The molecular formula is C23H27N5O4. The number of anilines is 2. The molecule has 1 fully saturated rings. The van der Waals surface area contributed by atoms with Gasteiger partial charge in [0.1, 0.15) is 23.0 Å². The monoisotopic (exact) mass is 437 g/mol. The van der Waals surface area contributed by atoms with Gasteiger partial charge in [-0.25, -0.2) is 14.8 Å². The number of hydrogen-bond acceptors (Lipinski definition) is 8. The molecule has 9 nitrogen and oxygen atoms in total. The van der Waals surface area contributed by atoms with Crippen molar-refractivity contribution in [2.24, 2.45) is 0 Å². The Labute approximate surface area is 185 Å². The van der Waals surface area contributed by atoms with Crippen molar-refractivity contribution in [3.8, 4) is 5.75 Å². The molecule has 32 heavy (non-hydrogen) atoms. The maximum Gasteiger partial charge on any atom is 0.349 e. The molecule has 9 heteroatoms. The molecule has 0 saturated carbocycles. The van der Waals surface area contributed by atoms with Crippen molar-refractivity contribution in [3.63, 3.8) is 0 Å². The second-order valence-corrected chi connectivity index (χ2v) is 7.72. The molecule has 0 spiro atoms. The summed E-state index contributed by atoms with van der Waals surface area (Å²) in [5.41, 5.74) is -0.428. The van der Waals surface area contributed by atoms with E-state index in [2.05, 4.69) is 25.5 Å². The van der Waals surface area contributed by atoms with Crippen LogP contribution in [0.3, 0.4) is 0 Å². The van der Waals surface area contributed by atoms with Gasteiger partial charge in [0.15, 0.2) is 11.3 Å². The molecule has 2 aromatic heterocycles. The van der Waals surface area contributed by atoms with Crippen molar-refractivity contribution < 1.29 is 13.9 Å². The molecule has 0 bridgehead atoms. The van der Waals surface area contributed by atoms with E-state index in [0.29, 0.717) is 41.5 Å². The molecule has 0 aliphatic carbocycles. The maximum absolute atomic E-state index is 12.5. The second-order valence-electron chi connectivity index (χ2n) is 7.72. The van der Waals surface area contributed by atoms with E-state index in [1.807, 2.05) is 13.0 Å². The molecule has 168 valence electrons. The van der Waals surface area contributed by atoms with Crippen LogP contribution in [0.5, 0.6) is 5.75 Å². The predicted molar refractivity (Wildman–Crippen MR) is 123 cm³/mol. The third-order valence-electron chi connectivity index (χ3n) is 5.41. The molecule has 1 aliphatic heterocycles. The maximum atomic E-state index is 12.5. The number of piperidine rings is 1. The number of nitrogens with one attached hydrogen (secondary N) is 2.